The summed E-state index contributed by atoms with van der Waals surface area (Å²) in [6, 6.07) is 8.32. The molecule has 1 fully saturated rings. The molecule has 2 aromatic rings. The number of nitrogens with one attached hydrogen (secondary N) is 2. The Labute approximate surface area is 152 Å². The van der Waals surface area contributed by atoms with Gasteiger partial charge < -0.3 is 10.6 Å². The highest BCUT2D eigenvalue weighted by molar-refractivity contribution is 7.07. The number of hydrogen-bond donors (Lipinski definition) is 2. The molecule has 2 aliphatic rings. The summed E-state index contributed by atoms with van der Waals surface area (Å²) >= 11 is 1.65. The third-order valence-electron chi connectivity index (χ3n) is 5.30. The zero-order valence-corrected chi connectivity index (χ0v) is 15.1. The Balaban J connectivity index is 1.52. The van der Waals surface area contributed by atoms with E-state index in [1.807, 2.05) is 11.6 Å². The van der Waals surface area contributed by atoms with Gasteiger partial charge in [-0.1, -0.05) is 18.2 Å². The van der Waals surface area contributed by atoms with Crippen molar-refractivity contribution in [1.29, 1.82) is 0 Å². The van der Waals surface area contributed by atoms with Crippen LogP contribution in [-0.2, 0) is 17.9 Å². The summed E-state index contributed by atoms with van der Waals surface area (Å²) in [6.07, 6.45) is 3.62. The minimum absolute atomic E-state index is 0.148. The van der Waals surface area contributed by atoms with E-state index >= 15 is 0 Å². The first-order chi connectivity index (χ1) is 12.2. The Kier molecular flexibility index (Phi) is 4.72. The molecule has 1 atom stereocenters. The molecule has 4 rings (SSSR count). The summed E-state index contributed by atoms with van der Waals surface area (Å²) in [4.78, 5) is 19.3. The van der Waals surface area contributed by atoms with Gasteiger partial charge in [-0.3, -0.25) is 9.69 Å². The van der Waals surface area contributed by atoms with Crippen LogP contribution in [0, 0.1) is 0 Å². The molecule has 0 aliphatic carbocycles. The van der Waals surface area contributed by atoms with Crippen molar-refractivity contribution in [2.45, 2.75) is 44.3 Å². The number of benzene rings is 1. The molecule has 132 valence electrons. The average Bonchev–Trinajstić information content (AvgIpc) is 3.03. The third-order valence-corrected chi connectivity index (χ3v) is 5.93. The first-order valence-electron chi connectivity index (χ1n) is 8.95. The standard InChI is InChI=1S/C19H24N4OS/c24-18-10-19(22-17-5-2-1-4-15(17)11-20-18)6-3-8-23(9-7-19)12-16-13-25-14-21-16/h1-2,4-5,13-14,22H,3,6-12H2,(H,20,24). The zero-order chi connectivity index (χ0) is 17.1. The van der Waals surface area contributed by atoms with Crippen molar-refractivity contribution in [2.75, 3.05) is 18.4 Å². The molecule has 5 nitrogen and oxygen atoms in total. The van der Waals surface area contributed by atoms with Gasteiger partial charge in [-0.15, -0.1) is 11.3 Å². The Morgan fingerprint density at radius 3 is 3.04 bits per heavy atom. The van der Waals surface area contributed by atoms with Gasteiger partial charge in [0.25, 0.3) is 0 Å². The van der Waals surface area contributed by atoms with E-state index in [1.54, 1.807) is 11.3 Å². The number of amides is 1. The predicted octanol–water partition coefficient (Wildman–Crippen LogP) is 3.00. The Hall–Kier alpha value is -1.92. The molecule has 1 aromatic carbocycles. The summed E-state index contributed by atoms with van der Waals surface area (Å²) in [6.45, 7) is 3.56. The van der Waals surface area contributed by atoms with E-state index in [9.17, 15) is 4.79 Å². The summed E-state index contributed by atoms with van der Waals surface area (Å²) in [5.41, 5.74) is 5.22. The fraction of sp³-hybridized carbons (Fsp3) is 0.474. The average molecular weight is 356 g/mol. The lowest BCUT2D eigenvalue weighted by Crippen LogP contribution is -2.46. The number of carbonyl (C=O) groups is 1. The molecular weight excluding hydrogens is 332 g/mol. The van der Waals surface area contributed by atoms with Gasteiger partial charge >= 0.3 is 0 Å². The second-order valence-corrected chi connectivity index (χ2v) is 7.84. The van der Waals surface area contributed by atoms with Crippen LogP contribution in [0.25, 0.3) is 0 Å². The number of rotatable bonds is 2. The molecule has 1 saturated heterocycles. The molecule has 0 bridgehead atoms. The monoisotopic (exact) mass is 356 g/mol. The number of para-hydroxylation sites is 1. The van der Waals surface area contributed by atoms with E-state index in [1.165, 1.54) is 5.56 Å². The van der Waals surface area contributed by atoms with Crippen molar-refractivity contribution in [3.63, 3.8) is 0 Å². The number of carbonyl (C=O) groups excluding carboxylic acids is 1. The molecule has 2 aliphatic heterocycles. The number of aromatic nitrogens is 1. The number of nitrogens with zero attached hydrogens (tertiary/aromatic N) is 2. The van der Waals surface area contributed by atoms with Gasteiger partial charge in [0.1, 0.15) is 0 Å². The lowest BCUT2D eigenvalue weighted by atomic mass is 9.85. The van der Waals surface area contributed by atoms with Crippen LogP contribution >= 0.6 is 11.3 Å². The van der Waals surface area contributed by atoms with Crippen molar-refractivity contribution in [3.05, 3.63) is 46.4 Å². The number of anilines is 1. The van der Waals surface area contributed by atoms with Gasteiger partial charge in [0.2, 0.25) is 5.91 Å². The summed E-state index contributed by atoms with van der Waals surface area (Å²) < 4.78 is 0. The van der Waals surface area contributed by atoms with Crippen LogP contribution in [0.1, 0.15) is 36.9 Å². The van der Waals surface area contributed by atoms with Crippen LogP contribution in [0.4, 0.5) is 5.69 Å². The molecule has 0 radical (unpaired) electrons. The second-order valence-electron chi connectivity index (χ2n) is 7.13. The molecule has 6 heteroatoms. The Morgan fingerprint density at radius 1 is 1.24 bits per heavy atom. The quantitative estimate of drug-likeness (QED) is 0.868. The maximum atomic E-state index is 12.4. The number of thiazole rings is 1. The molecule has 1 unspecified atom stereocenters. The van der Waals surface area contributed by atoms with Crippen molar-refractivity contribution < 1.29 is 4.79 Å². The maximum Gasteiger partial charge on any atom is 0.222 e. The fourth-order valence-corrected chi connectivity index (χ4v) is 4.49. The van der Waals surface area contributed by atoms with Crippen molar-refractivity contribution >= 4 is 22.9 Å². The van der Waals surface area contributed by atoms with Gasteiger partial charge in [0.05, 0.1) is 11.2 Å². The molecule has 2 N–H and O–H groups in total. The molecule has 0 saturated carbocycles. The highest BCUT2D eigenvalue weighted by Crippen LogP contribution is 2.33. The summed E-state index contributed by atoms with van der Waals surface area (Å²) in [7, 11) is 0. The highest BCUT2D eigenvalue weighted by Gasteiger charge is 2.36. The van der Waals surface area contributed by atoms with Crippen LogP contribution in [0.3, 0.4) is 0 Å². The minimum Gasteiger partial charge on any atom is -0.379 e. The van der Waals surface area contributed by atoms with Crippen LogP contribution < -0.4 is 10.6 Å². The van der Waals surface area contributed by atoms with Crippen molar-refractivity contribution in [2.24, 2.45) is 0 Å². The Morgan fingerprint density at radius 2 is 2.16 bits per heavy atom. The molecule has 3 heterocycles. The molecular formula is C19H24N4OS. The molecule has 1 amide bonds. The lowest BCUT2D eigenvalue weighted by Gasteiger charge is -2.37. The van der Waals surface area contributed by atoms with Crippen LogP contribution in [0.15, 0.2) is 35.2 Å². The van der Waals surface area contributed by atoms with E-state index in [0.717, 1.165) is 50.3 Å². The number of hydrogen-bond acceptors (Lipinski definition) is 5. The van der Waals surface area contributed by atoms with Gasteiger partial charge in [-0.05, 0) is 37.4 Å². The van der Waals surface area contributed by atoms with Gasteiger partial charge in [-0.25, -0.2) is 4.98 Å². The van der Waals surface area contributed by atoms with Gasteiger partial charge in [0.15, 0.2) is 0 Å². The SMILES string of the molecule is O=C1CC2(CCCN(Cc3cscn3)CC2)Nc2ccccc2CN1. The second kappa shape index (κ2) is 7.14. The lowest BCUT2D eigenvalue weighted by molar-refractivity contribution is -0.122. The van der Waals surface area contributed by atoms with E-state index < -0.39 is 0 Å². The minimum atomic E-state index is -0.155. The van der Waals surface area contributed by atoms with Gasteiger partial charge in [0, 0.05) is 42.7 Å². The smallest absolute Gasteiger partial charge is 0.222 e. The van der Waals surface area contributed by atoms with E-state index in [0.29, 0.717) is 13.0 Å². The number of fused-ring (bicyclic) bond motifs is 1. The van der Waals surface area contributed by atoms with E-state index in [-0.39, 0.29) is 11.4 Å². The predicted molar refractivity (Wildman–Crippen MR) is 101 cm³/mol. The normalized spacial score (nSPS) is 24.6. The molecule has 1 spiro atoms. The van der Waals surface area contributed by atoms with E-state index in [4.69, 9.17) is 0 Å². The highest BCUT2D eigenvalue weighted by atomic mass is 32.1. The topological polar surface area (TPSA) is 57.3 Å². The third kappa shape index (κ3) is 3.85. The number of likely N-dealkylation sites (tertiary alicyclic amines) is 1. The molecule has 1 aromatic heterocycles. The van der Waals surface area contributed by atoms with Gasteiger partial charge in [-0.2, -0.15) is 0 Å². The van der Waals surface area contributed by atoms with Crippen molar-refractivity contribution in [3.8, 4) is 0 Å². The maximum absolute atomic E-state index is 12.4. The van der Waals surface area contributed by atoms with Crippen LogP contribution in [0.5, 0.6) is 0 Å². The van der Waals surface area contributed by atoms with Crippen molar-refractivity contribution in [1.82, 2.24) is 15.2 Å². The van der Waals surface area contributed by atoms with Crippen LogP contribution in [-0.4, -0.2) is 34.4 Å². The first kappa shape index (κ1) is 16.5. The summed E-state index contributed by atoms with van der Waals surface area (Å²) in [5, 5.41) is 8.97. The van der Waals surface area contributed by atoms with E-state index in [2.05, 4.69) is 44.1 Å². The molecule has 25 heavy (non-hydrogen) atoms. The Bertz CT molecular complexity index is 733. The van der Waals surface area contributed by atoms with Crippen LogP contribution in [0.2, 0.25) is 0 Å². The summed E-state index contributed by atoms with van der Waals surface area (Å²) in [5.74, 6) is 0.148. The largest absolute Gasteiger partial charge is 0.379 e. The first-order valence-corrected chi connectivity index (χ1v) is 9.89. The fourth-order valence-electron chi connectivity index (χ4n) is 3.94. The zero-order valence-electron chi connectivity index (χ0n) is 14.3.